The number of hydrogen-bond acceptors (Lipinski definition) is 7. The number of anilines is 1. The SMILES string of the molecule is COc1ncc(Cl)cc1S(=O)(=O)Nc1ccc(F)c(-c2ccc3c(C(=O)NC[C@H]4CCCN4C)[nH]nc3c2F)c1F. The standard InChI is InChI=1S/C26H24ClF3N6O4S/c1-36-9-3-4-14(36)12-31-25(37)24-16-6-5-15(21(29)23(16)33-34-24)20-17(28)7-8-18(22(20)30)35-41(38,39)19-10-13(27)11-32-26(19)40-2/h5-8,10-11,14,35H,3-4,9,12H2,1-2H3,(H,31,37)(H,33,34)/t14-/m1/s1. The molecule has 3 N–H and O–H groups in total. The Kier molecular flexibility index (Phi) is 7.81. The molecule has 2 aromatic carbocycles. The van der Waals surface area contributed by atoms with Crippen LogP contribution < -0.4 is 14.8 Å². The second-order valence-electron chi connectivity index (χ2n) is 9.46. The molecule has 2 aromatic heterocycles. The molecule has 41 heavy (non-hydrogen) atoms. The summed E-state index contributed by atoms with van der Waals surface area (Å²) in [5.41, 5.74) is -2.34. The zero-order valence-corrected chi connectivity index (χ0v) is 23.3. The molecule has 1 amide bonds. The fraction of sp³-hybridized carbons (Fsp3) is 0.269. The number of benzene rings is 2. The number of amides is 1. The molecule has 0 unspecified atom stereocenters. The van der Waals surface area contributed by atoms with Gasteiger partial charge in [-0.15, -0.1) is 0 Å². The Bertz CT molecular complexity index is 1770. The predicted molar refractivity (Wildman–Crippen MR) is 146 cm³/mol. The van der Waals surface area contributed by atoms with Crippen molar-refractivity contribution >= 4 is 44.1 Å². The molecular weight excluding hydrogens is 585 g/mol. The highest BCUT2D eigenvalue weighted by atomic mass is 35.5. The van der Waals surface area contributed by atoms with E-state index in [9.17, 15) is 17.6 Å². The lowest BCUT2D eigenvalue weighted by atomic mass is 10.0. The molecule has 0 aliphatic carbocycles. The van der Waals surface area contributed by atoms with Crippen LogP contribution >= 0.6 is 11.6 Å². The van der Waals surface area contributed by atoms with Crippen LogP contribution in [0.4, 0.5) is 18.9 Å². The van der Waals surface area contributed by atoms with Gasteiger partial charge < -0.3 is 15.0 Å². The highest BCUT2D eigenvalue weighted by Crippen LogP contribution is 2.36. The zero-order valence-electron chi connectivity index (χ0n) is 21.8. The number of carbonyl (C=O) groups is 1. The van der Waals surface area contributed by atoms with E-state index >= 15 is 8.78 Å². The third kappa shape index (κ3) is 5.42. The van der Waals surface area contributed by atoms with Gasteiger partial charge in [-0.3, -0.25) is 14.6 Å². The normalized spacial score (nSPS) is 15.8. The minimum Gasteiger partial charge on any atom is -0.480 e. The van der Waals surface area contributed by atoms with Gasteiger partial charge in [0.05, 0.1) is 23.4 Å². The number of nitrogens with zero attached hydrogens (tertiary/aromatic N) is 3. The van der Waals surface area contributed by atoms with Gasteiger partial charge in [-0.25, -0.2) is 26.6 Å². The van der Waals surface area contributed by atoms with E-state index in [2.05, 4.69) is 25.4 Å². The molecule has 0 spiro atoms. The maximum Gasteiger partial charge on any atom is 0.269 e. The van der Waals surface area contributed by atoms with Gasteiger partial charge in [-0.2, -0.15) is 5.10 Å². The minimum atomic E-state index is -4.52. The van der Waals surface area contributed by atoms with Crippen LogP contribution in [0.1, 0.15) is 23.3 Å². The first kappa shape index (κ1) is 28.6. The molecule has 216 valence electrons. The van der Waals surface area contributed by atoms with Crippen molar-refractivity contribution in [3.8, 4) is 17.0 Å². The molecule has 0 radical (unpaired) electrons. The molecule has 3 heterocycles. The van der Waals surface area contributed by atoms with Crippen LogP contribution in [0.2, 0.25) is 5.02 Å². The van der Waals surface area contributed by atoms with Crippen molar-refractivity contribution in [2.45, 2.75) is 23.8 Å². The maximum absolute atomic E-state index is 15.6. The van der Waals surface area contributed by atoms with Crippen molar-refractivity contribution in [1.29, 1.82) is 0 Å². The summed E-state index contributed by atoms with van der Waals surface area (Å²) in [5.74, 6) is -4.45. The number of nitrogens with one attached hydrogen (secondary N) is 3. The van der Waals surface area contributed by atoms with Crippen LogP contribution in [0.25, 0.3) is 22.0 Å². The van der Waals surface area contributed by atoms with Gasteiger partial charge in [0, 0.05) is 29.7 Å². The van der Waals surface area contributed by atoms with E-state index in [-0.39, 0.29) is 33.5 Å². The van der Waals surface area contributed by atoms with Crippen LogP contribution in [0.15, 0.2) is 41.4 Å². The van der Waals surface area contributed by atoms with Crippen LogP contribution in [0.5, 0.6) is 5.88 Å². The Hall–Kier alpha value is -3.88. The monoisotopic (exact) mass is 608 g/mol. The molecule has 0 saturated carbocycles. The Morgan fingerprint density at radius 2 is 2.00 bits per heavy atom. The number of hydrogen-bond donors (Lipinski definition) is 3. The number of ether oxygens (including phenoxy) is 1. The van der Waals surface area contributed by atoms with Gasteiger partial charge in [0.25, 0.3) is 15.9 Å². The number of aromatic amines is 1. The average Bonchev–Trinajstić information content (AvgIpc) is 3.56. The zero-order chi connectivity index (χ0) is 29.5. The Balaban J connectivity index is 1.47. The number of methoxy groups -OCH3 is 1. The summed E-state index contributed by atoms with van der Waals surface area (Å²) >= 11 is 5.87. The average molecular weight is 609 g/mol. The number of likely N-dealkylation sites (N-methyl/N-ethyl adjacent to an activating group) is 1. The Morgan fingerprint density at radius 3 is 2.71 bits per heavy atom. The van der Waals surface area contributed by atoms with Crippen molar-refractivity contribution in [2.75, 3.05) is 32.0 Å². The van der Waals surface area contributed by atoms with Crippen molar-refractivity contribution in [3.63, 3.8) is 0 Å². The summed E-state index contributed by atoms with van der Waals surface area (Å²) in [4.78, 5) is 18.2. The first-order valence-corrected chi connectivity index (χ1v) is 14.2. The van der Waals surface area contributed by atoms with Crippen molar-refractivity contribution in [3.05, 3.63) is 64.7 Å². The summed E-state index contributed by atoms with van der Waals surface area (Å²) in [7, 11) is -1.37. The first-order valence-electron chi connectivity index (χ1n) is 12.4. The molecule has 1 aliphatic heterocycles. The molecule has 4 aromatic rings. The fourth-order valence-electron chi connectivity index (χ4n) is 4.78. The smallest absolute Gasteiger partial charge is 0.269 e. The summed E-state index contributed by atoms with van der Waals surface area (Å²) in [6, 6.07) is 5.28. The lowest BCUT2D eigenvalue weighted by Crippen LogP contribution is -2.38. The highest BCUT2D eigenvalue weighted by Gasteiger charge is 2.28. The van der Waals surface area contributed by atoms with Gasteiger partial charge in [0.1, 0.15) is 17.0 Å². The first-order chi connectivity index (χ1) is 19.5. The topological polar surface area (TPSA) is 129 Å². The quantitative estimate of drug-likeness (QED) is 0.272. The number of pyridine rings is 1. The molecule has 1 fully saturated rings. The second-order valence-corrected chi connectivity index (χ2v) is 11.5. The van der Waals surface area contributed by atoms with E-state index in [1.165, 1.54) is 13.2 Å². The number of H-pyrrole nitrogens is 1. The lowest BCUT2D eigenvalue weighted by Gasteiger charge is -2.19. The lowest BCUT2D eigenvalue weighted by molar-refractivity contribution is 0.0940. The van der Waals surface area contributed by atoms with Gasteiger partial charge in [-0.1, -0.05) is 17.7 Å². The molecule has 1 saturated heterocycles. The summed E-state index contributed by atoms with van der Waals surface area (Å²) in [5, 5.41) is 9.26. The van der Waals surface area contributed by atoms with Crippen LogP contribution in [-0.4, -0.2) is 67.7 Å². The largest absolute Gasteiger partial charge is 0.480 e. The van der Waals surface area contributed by atoms with Crippen LogP contribution in [0, 0.1) is 17.5 Å². The predicted octanol–water partition coefficient (Wildman–Crippen LogP) is 4.33. The van der Waals surface area contributed by atoms with Crippen molar-refractivity contribution in [2.24, 2.45) is 0 Å². The minimum absolute atomic E-state index is 0.00219. The number of halogens is 4. The molecule has 0 bridgehead atoms. The molecule has 1 atom stereocenters. The Labute approximate surface area is 237 Å². The Morgan fingerprint density at radius 1 is 1.22 bits per heavy atom. The highest BCUT2D eigenvalue weighted by molar-refractivity contribution is 7.92. The number of fused-ring (bicyclic) bond motifs is 1. The number of likely N-dealkylation sites (tertiary alicyclic amines) is 1. The van der Waals surface area contributed by atoms with E-state index in [4.69, 9.17) is 16.3 Å². The summed E-state index contributed by atoms with van der Waals surface area (Å²) in [6.07, 6.45) is 3.13. The molecule has 5 rings (SSSR count). The molecule has 15 heteroatoms. The molecular formula is C26H24ClF3N6O4S. The van der Waals surface area contributed by atoms with E-state index in [0.29, 0.717) is 6.54 Å². The van der Waals surface area contributed by atoms with Crippen LogP contribution in [0.3, 0.4) is 0 Å². The van der Waals surface area contributed by atoms with E-state index < -0.39 is 55.1 Å². The van der Waals surface area contributed by atoms with Crippen molar-refractivity contribution < 1.29 is 31.1 Å². The van der Waals surface area contributed by atoms with Crippen LogP contribution in [-0.2, 0) is 10.0 Å². The van der Waals surface area contributed by atoms with Gasteiger partial charge in [0.2, 0.25) is 5.88 Å². The maximum atomic E-state index is 15.6. The molecule has 1 aliphatic rings. The second kappa shape index (κ2) is 11.2. The third-order valence-electron chi connectivity index (χ3n) is 6.93. The van der Waals surface area contributed by atoms with E-state index in [0.717, 1.165) is 49.8 Å². The van der Waals surface area contributed by atoms with Crippen molar-refractivity contribution in [1.82, 2.24) is 25.4 Å². The fourth-order valence-corrected chi connectivity index (χ4v) is 6.21. The number of aromatic nitrogens is 3. The third-order valence-corrected chi connectivity index (χ3v) is 8.50. The number of carbonyl (C=O) groups excluding carboxylic acids is 1. The van der Waals surface area contributed by atoms with Gasteiger partial charge >= 0.3 is 0 Å². The number of rotatable bonds is 8. The molecule has 10 nitrogen and oxygen atoms in total. The van der Waals surface area contributed by atoms with E-state index in [1.54, 1.807) is 0 Å². The van der Waals surface area contributed by atoms with Gasteiger partial charge in [0.15, 0.2) is 16.5 Å². The summed E-state index contributed by atoms with van der Waals surface area (Å²) < 4.78 is 79.1. The summed E-state index contributed by atoms with van der Waals surface area (Å²) in [6.45, 7) is 1.33. The number of sulfonamides is 1. The van der Waals surface area contributed by atoms with Gasteiger partial charge in [-0.05, 0) is 50.7 Å². The van der Waals surface area contributed by atoms with E-state index in [1.807, 2.05) is 11.8 Å².